The summed E-state index contributed by atoms with van der Waals surface area (Å²) in [5.74, 6) is 0. The van der Waals surface area contributed by atoms with E-state index >= 15 is 0 Å². The zero-order valence-electron chi connectivity index (χ0n) is 10.0. The number of hydrogen-bond acceptors (Lipinski definition) is 3. The molecule has 17 heavy (non-hydrogen) atoms. The molecule has 0 unspecified atom stereocenters. The minimum atomic E-state index is 0.809. The molecule has 4 heteroatoms. The summed E-state index contributed by atoms with van der Waals surface area (Å²) in [5, 5.41) is 8.03. The number of nitrogens with one attached hydrogen (secondary N) is 1. The third-order valence-corrected chi connectivity index (χ3v) is 2.74. The fraction of sp³-hybridized carbons (Fsp3) is 0.462. The van der Waals surface area contributed by atoms with Crippen molar-refractivity contribution in [2.75, 3.05) is 12.1 Å². The number of aromatic nitrogens is 1. The Kier molecular flexibility index (Phi) is 4.69. The van der Waals surface area contributed by atoms with E-state index in [2.05, 4.69) is 34.1 Å². The predicted molar refractivity (Wildman–Crippen MR) is 67.8 cm³/mol. The molecule has 4 nitrogen and oxygen atoms in total. The second-order valence-corrected chi connectivity index (χ2v) is 4.21. The van der Waals surface area contributed by atoms with E-state index in [1.807, 2.05) is 23.1 Å². The highest BCUT2D eigenvalue weighted by atomic mass is 15.6. The maximum absolute atomic E-state index is 4.09. The molecule has 0 radical (unpaired) electrons. The standard InChI is InChI=1S/C13H19N4/c1-2-4-6-10-14-15-16-17-11-7-9-13(12-17)8-5-3-1/h5,7-9,11-12H,1-4,6,10H2,(H,14,16)/q+1. The molecule has 0 aliphatic carbocycles. The molecular weight excluding hydrogens is 212 g/mol. The Hall–Kier alpha value is -1.71. The minimum Gasteiger partial charge on any atom is -0.137 e. The van der Waals surface area contributed by atoms with Crippen LogP contribution in [0.1, 0.15) is 37.7 Å². The maximum Gasteiger partial charge on any atom is 0.165 e. The van der Waals surface area contributed by atoms with Crippen LogP contribution < -0.4 is 10.2 Å². The largest absolute Gasteiger partial charge is 0.165 e. The van der Waals surface area contributed by atoms with Gasteiger partial charge in [0.25, 0.3) is 0 Å². The SMILES string of the molecule is C1=Cc2ccc[n+](c2)NN=NCCCCCC1. The molecule has 0 spiro atoms. The van der Waals surface area contributed by atoms with Gasteiger partial charge in [0.05, 0.1) is 6.54 Å². The zero-order valence-corrected chi connectivity index (χ0v) is 10.0. The molecule has 2 heterocycles. The van der Waals surface area contributed by atoms with E-state index in [-0.39, 0.29) is 0 Å². The van der Waals surface area contributed by atoms with Crippen LogP contribution in [0.25, 0.3) is 6.08 Å². The molecule has 2 bridgehead atoms. The summed E-state index contributed by atoms with van der Waals surface area (Å²) < 4.78 is 1.81. The van der Waals surface area contributed by atoms with Crippen molar-refractivity contribution in [3.8, 4) is 0 Å². The van der Waals surface area contributed by atoms with E-state index in [1.165, 1.54) is 24.8 Å². The van der Waals surface area contributed by atoms with Gasteiger partial charge >= 0.3 is 0 Å². The summed E-state index contributed by atoms with van der Waals surface area (Å²) in [6, 6.07) is 4.08. The Morgan fingerprint density at radius 3 is 3.12 bits per heavy atom. The van der Waals surface area contributed by atoms with E-state index in [0.717, 1.165) is 19.4 Å². The van der Waals surface area contributed by atoms with Crippen molar-refractivity contribution in [1.82, 2.24) is 0 Å². The molecule has 0 saturated carbocycles. The Labute approximate surface area is 102 Å². The topological polar surface area (TPSA) is 40.6 Å². The van der Waals surface area contributed by atoms with Gasteiger partial charge in [-0.05, 0) is 36.9 Å². The van der Waals surface area contributed by atoms with Crippen molar-refractivity contribution in [1.29, 1.82) is 0 Å². The Morgan fingerprint density at radius 1 is 1.18 bits per heavy atom. The molecule has 0 saturated heterocycles. The van der Waals surface area contributed by atoms with Gasteiger partial charge in [-0.15, -0.1) is 4.68 Å². The van der Waals surface area contributed by atoms with E-state index in [9.17, 15) is 0 Å². The van der Waals surface area contributed by atoms with Crippen molar-refractivity contribution < 1.29 is 4.68 Å². The summed E-state index contributed by atoms with van der Waals surface area (Å²) in [6.07, 6.45) is 14.4. The summed E-state index contributed by atoms with van der Waals surface area (Å²) in [4.78, 5) is 0. The molecule has 1 aromatic rings. The van der Waals surface area contributed by atoms with E-state index in [4.69, 9.17) is 0 Å². The second kappa shape index (κ2) is 6.78. The lowest BCUT2D eigenvalue weighted by Crippen LogP contribution is -2.41. The molecule has 0 amide bonds. The minimum absolute atomic E-state index is 0.809. The van der Waals surface area contributed by atoms with Gasteiger partial charge in [-0.3, -0.25) is 0 Å². The molecule has 2 rings (SSSR count). The Bertz CT molecular complexity index is 398. The van der Waals surface area contributed by atoms with E-state index in [0.29, 0.717) is 0 Å². The smallest absolute Gasteiger partial charge is 0.137 e. The van der Waals surface area contributed by atoms with Gasteiger partial charge in [-0.25, -0.2) is 0 Å². The van der Waals surface area contributed by atoms with Gasteiger partial charge in [-0.2, -0.15) is 0 Å². The molecule has 1 aromatic heterocycles. The number of fused-ring (bicyclic) bond motifs is 2. The van der Waals surface area contributed by atoms with Crippen LogP contribution in [0, 0.1) is 0 Å². The maximum atomic E-state index is 4.09. The predicted octanol–water partition coefficient (Wildman–Crippen LogP) is 2.86. The van der Waals surface area contributed by atoms with Gasteiger partial charge < -0.3 is 0 Å². The first kappa shape index (κ1) is 11.8. The Morgan fingerprint density at radius 2 is 2.12 bits per heavy atom. The summed E-state index contributed by atoms with van der Waals surface area (Å²) in [6.45, 7) is 0.809. The highest BCUT2D eigenvalue weighted by molar-refractivity contribution is 5.46. The van der Waals surface area contributed by atoms with Crippen LogP contribution in [-0.2, 0) is 0 Å². The van der Waals surface area contributed by atoms with Gasteiger partial charge in [-0.1, -0.05) is 30.1 Å². The molecule has 1 aliphatic rings. The van der Waals surface area contributed by atoms with Crippen LogP contribution in [0.2, 0.25) is 0 Å². The molecule has 0 atom stereocenters. The molecule has 0 fully saturated rings. The van der Waals surface area contributed by atoms with Gasteiger partial charge in [0.2, 0.25) is 0 Å². The lowest BCUT2D eigenvalue weighted by molar-refractivity contribution is -0.651. The number of hydrogen-bond donors (Lipinski definition) is 1. The van der Waals surface area contributed by atoms with Crippen LogP contribution in [0.15, 0.2) is 40.9 Å². The third kappa shape index (κ3) is 4.34. The van der Waals surface area contributed by atoms with Crippen molar-refractivity contribution in [2.45, 2.75) is 32.1 Å². The average Bonchev–Trinajstić information content (AvgIpc) is 2.36. The first-order valence-electron chi connectivity index (χ1n) is 6.25. The number of nitrogens with zero attached hydrogens (tertiary/aromatic N) is 3. The number of pyridine rings is 1. The van der Waals surface area contributed by atoms with Crippen molar-refractivity contribution in [2.24, 2.45) is 10.3 Å². The van der Waals surface area contributed by atoms with Crippen LogP contribution in [0.3, 0.4) is 0 Å². The monoisotopic (exact) mass is 231 g/mol. The first-order valence-corrected chi connectivity index (χ1v) is 6.25. The lowest BCUT2D eigenvalue weighted by Gasteiger charge is -1.98. The van der Waals surface area contributed by atoms with E-state index < -0.39 is 0 Å². The van der Waals surface area contributed by atoms with Crippen molar-refractivity contribution >= 4 is 6.08 Å². The Balaban J connectivity index is 2.07. The third-order valence-electron chi connectivity index (χ3n) is 2.74. The average molecular weight is 231 g/mol. The van der Waals surface area contributed by atoms with Gasteiger partial charge in [0, 0.05) is 5.56 Å². The van der Waals surface area contributed by atoms with Crippen LogP contribution >= 0.6 is 0 Å². The number of rotatable bonds is 0. The second-order valence-electron chi connectivity index (χ2n) is 4.21. The summed E-state index contributed by atoms with van der Waals surface area (Å²) in [5.41, 5.74) is 4.05. The normalized spacial score (nSPS) is 17.2. The first-order chi connectivity index (χ1) is 8.45. The molecule has 1 aliphatic heterocycles. The van der Waals surface area contributed by atoms with Crippen LogP contribution in [0.5, 0.6) is 0 Å². The summed E-state index contributed by atoms with van der Waals surface area (Å²) >= 11 is 0. The highest BCUT2D eigenvalue weighted by Crippen LogP contribution is 2.06. The fourth-order valence-corrected chi connectivity index (χ4v) is 1.81. The molecular formula is C13H19N4+. The van der Waals surface area contributed by atoms with Gasteiger partial charge in [0.15, 0.2) is 5.22 Å². The summed E-state index contributed by atoms with van der Waals surface area (Å²) in [7, 11) is 0. The van der Waals surface area contributed by atoms with Crippen molar-refractivity contribution in [3.05, 3.63) is 36.2 Å². The highest BCUT2D eigenvalue weighted by Gasteiger charge is 1.97. The zero-order chi connectivity index (χ0) is 11.8. The van der Waals surface area contributed by atoms with E-state index in [1.54, 1.807) is 0 Å². The van der Waals surface area contributed by atoms with Gasteiger partial charge in [0.1, 0.15) is 12.4 Å². The van der Waals surface area contributed by atoms with Crippen LogP contribution in [-0.4, -0.2) is 6.54 Å². The van der Waals surface area contributed by atoms with Crippen molar-refractivity contribution in [3.63, 3.8) is 0 Å². The van der Waals surface area contributed by atoms with Crippen LogP contribution in [0.4, 0.5) is 0 Å². The molecule has 90 valence electrons. The quantitative estimate of drug-likeness (QED) is 0.685. The molecule has 1 N–H and O–H groups in total. The number of allylic oxidation sites excluding steroid dienone is 1. The lowest BCUT2D eigenvalue weighted by atomic mass is 10.1. The molecule has 0 aromatic carbocycles. The fourth-order valence-electron chi connectivity index (χ4n) is 1.81.